The number of hydrogen-bond donors (Lipinski definition) is 4. The number of hydrogen-bond acceptors (Lipinski definition) is 8. The van der Waals surface area contributed by atoms with Crippen LogP contribution >= 0.6 is 12.4 Å². The standard InChI is InChI=1S/C29H36N8O2.ClH/c1-20-17-22(26(28(38)39)36-23-10-8-21(9-11-23)27(30)31)19-24(18-20)35-25-7-3-2-4-15-37(25)16-6-14-34-29-32-12-5-13-33-29;/h5,8-13,17-19,26,36H,2-4,6-7,14-16H2,1H3,(H3,30,31)(H,38,39)(H,32,33,34);1H/p-1. The summed E-state index contributed by atoms with van der Waals surface area (Å²) in [5.41, 5.74) is 8.89. The van der Waals surface area contributed by atoms with Crippen molar-refractivity contribution in [3.05, 3.63) is 77.6 Å². The van der Waals surface area contributed by atoms with E-state index in [1.807, 2.05) is 25.1 Å². The van der Waals surface area contributed by atoms with Crippen LogP contribution in [0.15, 0.2) is 65.9 Å². The summed E-state index contributed by atoms with van der Waals surface area (Å²) in [7, 11) is 0. The molecule has 2 heterocycles. The van der Waals surface area contributed by atoms with E-state index in [1.165, 1.54) is 0 Å². The zero-order valence-corrected chi connectivity index (χ0v) is 23.4. The van der Waals surface area contributed by atoms with E-state index in [0.29, 0.717) is 22.8 Å². The van der Waals surface area contributed by atoms with Crippen molar-refractivity contribution in [3.63, 3.8) is 0 Å². The van der Waals surface area contributed by atoms with Crippen LogP contribution in [-0.2, 0) is 4.79 Å². The largest absolute Gasteiger partial charge is 0.548 e. The molecule has 0 amide bonds. The summed E-state index contributed by atoms with van der Waals surface area (Å²) in [6, 6.07) is 13.1. The van der Waals surface area contributed by atoms with Crippen LogP contribution < -0.4 is 21.5 Å². The number of rotatable bonds is 11. The number of likely N-dealkylation sites (tertiary alicyclic amines) is 1. The lowest BCUT2D eigenvalue weighted by Gasteiger charge is -2.25. The first-order valence-corrected chi connectivity index (χ1v) is 13.3. The van der Waals surface area contributed by atoms with Gasteiger partial charge in [0.2, 0.25) is 5.95 Å². The van der Waals surface area contributed by atoms with Crippen LogP contribution in [0.4, 0.5) is 17.3 Å². The SMILES string of the molecule is Cc1cc(N=C2CCCCCN2CCCNc2ncccn2)cc(C(Nc2ccc(C(=N)N)cc2)C(=O)[O-])c1.Cl. The van der Waals surface area contributed by atoms with E-state index in [-0.39, 0.29) is 18.2 Å². The van der Waals surface area contributed by atoms with Crippen LogP contribution in [0, 0.1) is 12.3 Å². The zero-order chi connectivity index (χ0) is 27.6. The summed E-state index contributed by atoms with van der Waals surface area (Å²) >= 11 is 0. The molecule has 0 spiro atoms. The predicted octanol–water partition coefficient (Wildman–Crippen LogP) is 3.80. The molecule has 2 aromatic carbocycles. The fourth-order valence-electron chi connectivity index (χ4n) is 4.64. The Morgan fingerprint density at radius 1 is 1.15 bits per heavy atom. The predicted molar refractivity (Wildman–Crippen MR) is 160 cm³/mol. The number of carbonyl (C=O) groups excluding carboxylic acids is 1. The third-order valence-corrected chi connectivity index (χ3v) is 6.57. The van der Waals surface area contributed by atoms with E-state index in [0.717, 1.165) is 68.8 Å². The van der Waals surface area contributed by atoms with Crippen molar-refractivity contribution in [1.29, 1.82) is 5.41 Å². The molecule has 4 rings (SSSR count). The third-order valence-electron chi connectivity index (χ3n) is 6.57. The van der Waals surface area contributed by atoms with Gasteiger partial charge in [-0.15, -0.1) is 12.4 Å². The second kappa shape index (κ2) is 14.8. The number of nitrogens with two attached hydrogens (primary N) is 1. The smallest absolute Gasteiger partial charge is 0.222 e. The normalized spacial score (nSPS) is 15.0. The maximum absolute atomic E-state index is 12.2. The number of benzene rings is 2. The molecule has 1 aliphatic heterocycles. The van der Waals surface area contributed by atoms with E-state index >= 15 is 0 Å². The van der Waals surface area contributed by atoms with Gasteiger partial charge in [-0.05, 0) is 79.8 Å². The van der Waals surface area contributed by atoms with E-state index in [4.69, 9.17) is 16.1 Å². The van der Waals surface area contributed by atoms with Crippen molar-refractivity contribution in [2.24, 2.45) is 10.7 Å². The number of nitrogens with one attached hydrogen (secondary N) is 3. The summed E-state index contributed by atoms with van der Waals surface area (Å²) in [4.78, 5) is 27.9. The van der Waals surface area contributed by atoms with Crippen LogP contribution in [0.5, 0.6) is 0 Å². The highest BCUT2D eigenvalue weighted by Gasteiger charge is 2.17. The van der Waals surface area contributed by atoms with Crippen LogP contribution in [0.25, 0.3) is 0 Å². The lowest BCUT2D eigenvalue weighted by Crippen LogP contribution is -2.34. The van der Waals surface area contributed by atoms with Gasteiger partial charge in [-0.3, -0.25) is 5.41 Å². The Kier molecular flexibility index (Phi) is 11.3. The van der Waals surface area contributed by atoms with Gasteiger partial charge in [-0.2, -0.15) is 0 Å². The van der Waals surface area contributed by atoms with Gasteiger partial charge in [0.1, 0.15) is 11.7 Å². The van der Waals surface area contributed by atoms with Crippen LogP contribution in [0.3, 0.4) is 0 Å². The fourth-order valence-corrected chi connectivity index (χ4v) is 4.64. The van der Waals surface area contributed by atoms with E-state index < -0.39 is 12.0 Å². The number of aryl methyl sites for hydroxylation is 1. The molecule has 11 heteroatoms. The number of aliphatic carboxylic acids is 1. The first-order chi connectivity index (χ1) is 18.9. The molecule has 1 atom stereocenters. The molecule has 1 aliphatic rings. The number of amidine groups is 2. The molecule has 5 N–H and O–H groups in total. The van der Waals surface area contributed by atoms with Crippen molar-refractivity contribution in [3.8, 4) is 0 Å². The van der Waals surface area contributed by atoms with Crippen molar-refractivity contribution in [2.75, 3.05) is 30.3 Å². The minimum atomic E-state index is -1.24. The second-order valence-electron chi connectivity index (χ2n) is 9.67. The quantitative estimate of drug-likeness (QED) is 0.156. The van der Waals surface area contributed by atoms with Crippen molar-refractivity contribution >= 4 is 47.4 Å². The van der Waals surface area contributed by atoms with Crippen molar-refractivity contribution in [2.45, 2.75) is 45.1 Å². The topological polar surface area (TPSA) is 155 Å². The summed E-state index contributed by atoms with van der Waals surface area (Å²) in [6.07, 6.45) is 8.57. The number of halogens is 1. The molecular weight excluding hydrogens is 528 g/mol. The molecule has 1 unspecified atom stereocenters. The highest BCUT2D eigenvalue weighted by molar-refractivity contribution is 5.95. The average molecular weight is 564 g/mol. The molecule has 3 aromatic rings. The maximum atomic E-state index is 12.2. The number of carboxylic acids is 1. The Morgan fingerprint density at radius 3 is 2.60 bits per heavy atom. The summed E-state index contributed by atoms with van der Waals surface area (Å²) in [5, 5.41) is 26.0. The number of nitrogens with zero attached hydrogens (tertiary/aromatic N) is 4. The number of carboxylic acid groups (broad SMARTS) is 1. The molecule has 0 aliphatic carbocycles. The molecule has 212 valence electrons. The molecule has 40 heavy (non-hydrogen) atoms. The highest BCUT2D eigenvalue weighted by Crippen LogP contribution is 2.27. The maximum Gasteiger partial charge on any atom is 0.222 e. The molecule has 0 saturated carbocycles. The van der Waals surface area contributed by atoms with Crippen LogP contribution in [0.2, 0.25) is 0 Å². The van der Waals surface area contributed by atoms with Crippen LogP contribution in [-0.4, -0.2) is 52.1 Å². The molecule has 1 aromatic heterocycles. The van der Waals surface area contributed by atoms with Gasteiger partial charge in [0, 0.05) is 49.7 Å². The first-order valence-electron chi connectivity index (χ1n) is 13.3. The molecule has 10 nitrogen and oxygen atoms in total. The number of anilines is 2. The minimum Gasteiger partial charge on any atom is -0.548 e. The number of nitrogen functional groups attached to an aromatic ring is 1. The van der Waals surface area contributed by atoms with Crippen molar-refractivity contribution < 1.29 is 9.90 Å². The monoisotopic (exact) mass is 563 g/mol. The Hall–Kier alpha value is -4.18. The lowest BCUT2D eigenvalue weighted by molar-refractivity contribution is -0.307. The van der Waals surface area contributed by atoms with Gasteiger partial charge < -0.3 is 31.2 Å². The van der Waals surface area contributed by atoms with E-state index in [1.54, 1.807) is 42.7 Å². The van der Waals surface area contributed by atoms with Crippen LogP contribution in [0.1, 0.15) is 54.8 Å². The molecular formula is C29H36ClN8O2-. The second-order valence-corrected chi connectivity index (χ2v) is 9.67. The Balaban J connectivity index is 0.00000441. The Bertz CT molecular complexity index is 1300. The molecule has 0 bridgehead atoms. The third kappa shape index (κ3) is 8.67. The minimum absolute atomic E-state index is 0. The highest BCUT2D eigenvalue weighted by atomic mass is 35.5. The fraction of sp³-hybridized carbons (Fsp3) is 0.345. The van der Waals surface area contributed by atoms with Gasteiger partial charge in [-0.25, -0.2) is 15.0 Å². The molecule has 0 radical (unpaired) electrons. The molecule has 1 saturated heterocycles. The van der Waals surface area contributed by atoms with Gasteiger partial charge in [0.25, 0.3) is 0 Å². The van der Waals surface area contributed by atoms with Crippen molar-refractivity contribution in [1.82, 2.24) is 14.9 Å². The van der Waals surface area contributed by atoms with Gasteiger partial charge in [0.15, 0.2) is 0 Å². The van der Waals surface area contributed by atoms with E-state index in [9.17, 15) is 9.90 Å². The number of aromatic nitrogens is 2. The molecule has 1 fully saturated rings. The number of carbonyl (C=O) groups is 1. The first kappa shape index (κ1) is 30.4. The Labute approximate surface area is 241 Å². The Morgan fingerprint density at radius 2 is 1.90 bits per heavy atom. The summed E-state index contributed by atoms with van der Waals surface area (Å²) < 4.78 is 0. The summed E-state index contributed by atoms with van der Waals surface area (Å²) in [5.74, 6) is 0.369. The van der Waals surface area contributed by atoms with E-state index in [2.05, 4.69) is 25.5 Å². The number of aliphatic imine (C=N–C) groups is 1. The zero-order valence-electron chi connectivity index (χ0n) is 22.6. The average Bonchev–Trinajstić information content (AvgIpc) is 3.15. The van der Waals surface area contributed by atoms with Gasteiger partial charge >= 0.3 is 0 Å². The van der Waals surface area contributed by atoms with Gasteiger partial charge in [-0.1, -0.05) is 12.5 Å². The van der Waals surface area contributed by atoms with Gasteiger partial charge in [0.05, 0.1) is 17.7 Å². The summed E-state index contributed by atoms with van der Waals surface area (Å²) in [6.45, 7) is 4.49. The lowest BCUT2D eigenvalue weighted by atomic mass is 10.0.